The average Bonchev–Trinajstić information content (AvgIpc) is 3.71. The monoisotopic (exact) mass is 950 g/mol. The van der Waals surface area contributed by atoms with E-state index in [1.54, 1.807) is 6.07 Å². The van der Waals surface area contributed by atoms with Crippen LogP contribution in [0.25, 0.3) is 33.0 Å². The van der Waals surface area contributed by atoms with E-state index < -0.39 is 0 Å². The third-order valence-electron chi connectivity index (χ3n) is 13.9. The Labute approximate surface area is 437 Å². The first-order chi connectivity index (χ1) is 35.3. The van der Waals surface area contributed by atoms with Gasteiger partial charge in [-0.05, 0) is 162 Å². The molecular formula is C72H71N. The molecule has 0 saturated heterocycles. The summed E-state index contributed by atoms with van der Waals surface area (Å²) in [4.78, 5) is 0. The third kappa shape index (κ3) is 12.5. The molecule has 0 N–H and O–H groups in total. The van der Waals surface area contributed by atoms with E-state index in [-0.39, 0.29) is 5.41 Å². The minimum Gasteiger partial charge on any atom is -0.192 e. The topological polar surface area (TPSA) is 23.8 Å². The minimum absolute atomic E-state index is 0.325. The Bertz CT molecular complexity index is 3350. The van der Waals surface area contributed by atoms with Crippen molar-refractivity contribution in [2.45, 2.75) is 87.0 Å². The maximum Gasteiger partial charge on any atom is 0.0991 e. The lowest BCUT2D eigenvalue weighted by atomic mass is 9.67. The van der Waals surface area contributed by atoms with Gasteiger partial charge < -0.3 is 0 Å². The lowest BCUT2D eigenvalue weighted by molar-refractivity contribution is 0.767. The molecule has 0 bridgehead atoms. The molecule has 0 unspecified atom stereocenters. The van der Waals surface area contributed by atoms with Crippen molar-refractivity contribution in [1.82, 2.24) is 0 Å². The second kappa shape index (κ2) is 24.9. The van der Waals surface area contributed by atoms with Crippen molar-refractivity contribution in [2.24, 2.45) is 0 Å². The van der Waals surface area contributed by atoms with Crippen LogP contribution in [-0.2, 0) is 11.8 Å². The number of rotatable bonds is 5. The Hall–Kier alpha value is -8.05. The summed E-state index contributed by atoms with van der Waals surface area (Å²) in [5.41, 5.74) is 23.2. The summed E-state index contributed by atoms with van der Waals surface area (Å²) in [6.07, 6.45) is 1.11. The van der Waals surface area contributed by atoms with Gasteiger partial charge in [0.25, 0.3) is 0 Å². The van der Waals surface area contributed by atoms with Crippen molar-refractivity contribution in [2.75, 3.05) is 0 Å². The molecule has 0 spiro atoms. The average molecular weight is 950 g/mol. The van der Waals surface area contributed by atoms with Gasteiger partial charge >= 0.3 is 0 Å². The van der Waals surface area contributed by atoms with Gasteiger partial charge in [-0.15, -0.1) is 0 Å². The molecule has 0 heterocycles. The first kappa shape index (κ1) is 52.8. The van der Waals surface area contributed by atoms with Gasteiger partial charge in [0.2, 0.25) is 0 Å². The Morgan fingerprint density at radius 3 is 1.42 bits per heavy atom. The van der Waals surface area contributed by atoms with Gasteiger partial charge in [0.15, 0.2) is 0 Å². The van der Waals surface area contributed by atoms with Crippen molar-refractivity contribution in [3.8, 4) is 28.3 Å². The number of benzene rings is 10. The zero-order valence-electron chi connectivity index (χ0n) is 44.7. The smallest absolute Gasteiger partial charge is 0.0991 e. The fourth-order valence-corrected chi connectivity index (χ4v) is 9.95. The number of hydrogen-bond acceptors (Lipinski definition) is 1. The first-order valence-electron chi connectivity index (χ1n) is 25.8. The third-order valence-corrected chi connectivity index (χ3v) is 13.9. The van der Waals surface area contributed by atoms with Crippen LogP contribution in [0, 0.1) is 59.8 Å². The second-order valence-electron chi connectivity index (χ2n) is 19.7. The minimum atomic E-state index is -0.325. The van der Waals surface area contributed by atoms with Gasteiger partial charge in [0, 0.05) is 0 Å². The summed E-state index contributed by atoms with van der Waals surface area (Å²) in [5, 5.41) is 11.1. The zero-order chi connectivity index (χ0) is 51.9. The molecule has 364 valence electrons. The molecule has 0 atom stereocenters. The number of nitrogens with zero attached hydrogens (tertiary/aromatic N) is 1. The quantitative estimate of drug-likeness (QED) is 0.169. The maximum absolute atomic E-state index is 8.41. The Balaban J connectivity index is 0.000000154. The van der Waals surface area contributed by atoms with Crippen LogP contribution in [0.3, 0.4) is 0 Å². The molecule has 1 aliphatic rings. The van der Waals surface area contributed by atoms with E-state index in [9.17, 15) is 0 Å². The molecule has 11 rings (SSSR count). The Morgan fingerprint density at radius 2 is 0.904 bits per heavy atom. The van der Waals surface area contributed by atoms with Crippen LogP contribution in [0.2, 0.25) is 0 Å². The van der Waals surface area contributed by atoms with Crippen molar-refractivity contribution in [1.29, 1.82) is 5.26 Å². The lowest BCUT2D eigenvalue weighted by Crippen LogP contribution is -2.28. The molecule has 0 aromatic heterocycles. The predicted molar refractivity (Wildman–Crippen MR) is 314 cm³/mol. The molecule has 0 fully saturated rings. The molecule has 0 radical (unpaired) electrons. The molecule has 1 aliphatic carbocycles. The number of fused-ring (bicyclic) bond motifs is 5. The standard InChI is InChI=1S/C31H24.C16H18.C9H12.C8H7N.C8H10/c1-21-17-18-27-28(19-21)31(23-11-5-3-6-12-23,24-13-7-4-8-14-24)29-20-22(2)25-15-9-10-16-26(25)30(27)29;1-4-14-9-10-16(13(3)11-14)15-8-6-5-7-12(15)2;1-8(2)9-6-4-3-5-7-9;1-7-3-2-4-8(5-7)6-9;1-7-3-5-8(2)6-4-7/h3-20H,1-2H3;5-11H,4H2,1-3H3;3-8H,1-2H3;2-5H,1H3;3-6H,1-2H3. The van der Waals surface area contributed by atoms with Crippen LogP contribution in [-0.4, -0.2) is 0 Å². The van der Waals surface area contributed by atoms with E-state index in [1.807, 2.05) is 31.2 Å². The van der Waals surface area contributed by atoms with Crippen LogP contribution in [0.1, 0.15) is 105 Å². The fourth-order valence-electron chi connectivity index (χ4n) is 9.95. The largest absolute Gasteiger partial charge is 0.192 e. The van der Waals surface area contributed by atoms with Crippen LogP contribution >= 0.6 is 0 Å². The van der Waals surface area contributed by atoms with E-state index in [1.165, 1.54) is 99.8 Å². The number of aryl methyl sites for hydroxylation is 8. The molecule has 10 aromatic carbocycles. The molecule has 0 saturated carbocycles. The maximum atomic E-state index is 8.41. The van der Waals surface area contributed by atoms with E-state index in [0.29, 0.717) is 5.92 Å². The number of hydrogen-bond donors (Lipinski definition) is 0. The molecule has 73 heavy (non-hydrogen) atoms. The van der Waals surface area contributed by atoms with Gasteiger partial charge in [-0.2, -0.15) is 5.26 Å². The summed E-state index contributed by atoms with van der Waals surface area (Å²) < 4.78 is 0. The van der Waals surface area contributed by atoms with Crippen molar-refractivity contribution in [3.63, 3.8) is 0 Å². The predicted octanol–water partition coefficient (Wildman–Crippen LogP) is 19.3. The van der Waals surface area contributed by atoms with Gasteiger partial charge in [-0.25, -0.2) is 0 Å². The molecule has 0 amide bonds. The summed E-state index contributed by atoms with van der Waals surface area (Å²) in [5.74, 6) is 0.659. The highest BCUT2D eigenvalue weighted by Crippen LogP contribution is 2.58. The van der Waals surface area contributed by atoms with Crippen LogP contribution in [0.15, 0.2) is 231 Å². The van der Waals surface area contributed by atoms with E-state index in [4.69, 9.17) is 5.26 Å². The first-order valence-corrected chi connectivity index (χ1v) is 25.8. The Morgan fingerprint density at radius 1 is 0.397 bits per heavy atom. The molecular weight excluding hydrogens is 879 g/mol. The van der Waals surface area contributed by atoms with E-state index in [0.717, 1.165) is 17.5 Å². The van der Waals surface area contributed by atoms with E-state index >= 15 is 0 Å². The van der Waals surface area contributed by atoms with Gasteiger partial charge in [0.05, 0.1) is 17.0 Å². The van der Waals surface area contributed by atoms with Crippen molar-refractivity contribution in [3.05, 3.63) is 308 Å². The molecule has 1 heteroatoms. The summed E-state index contributed by atoms with van der Waals surface area (Å²) in [6.45, 7) is 21.6. The highest BCUT2D eigenvalue weighted by molar-refractivity contribution is 6.05. The highest BCUT2D eigenvalue weighted by atomic mass is 14.5. The molecule has 10 aromatic rings. The molecule has 0 aliphatic heterocycles. The van der Waals surface area contributed by atoms with Crippen molar-refractivity contribution >= 4 is 10.8 Å². The van der Waals surface area contributed by atoms with Crippen LogP contribution in [0.4, 0.5) is 0 Å². The van der Waals surface area contributed by atoms with Crippen molar-refractivity contribution < 1.29 is 0 Å². The Kier molecular flexibility index (Phi) is 18.0. The summed E-state index contributed by atoms with van der Waals surface area (Å²) >= 11 is 0. The van der Waals surface area contributed by atoms with Crippen LogP contribution < -0.4 is 0 Å². The second-order valence-corrected chi connectivity index (χ2v) is 19.7. The molecule has 1 nitrogen and oxygen atoms in total. The summed E-state index contributed by atoms with van der Waals surface area (Å²) in [7, 11) is 0. The summed E-state index contributed by atoms with van der Waals surface area (Å²) in [6, 6.07) is 84.3. The van der Waals surface area contributed by atoms with Crippen LogP contribution in [0.5, 0.6) is 0 Å². The van der Waals surface area contributed by atoms with Gasteiger partial charge in [-0.3, -0.25) is 0 Å². The highest BCUT2D eigenvalue weighted by Gasteiger charge is 2.46. The fraction of sp³-hybridized carbons (Fsp3) is 0.181. The number of nitriles is 1. The van der Waals surface area contributed by atoms with E-state index in [2.05, 4.69) is 269 Å². The zero-order valence-corrected chi connectivity index (χ0v) is 44.7. The lowest BCUT2D eigenvalue weighted by Gasteiger charge is -2.34. The normalized spacial score (nSPS) is 11.4. The van der Waals surface area contributed by atoms with Gasteiger partial charge in [-0.1, -0.05) is 256 Å². The van der Waals surface area contributed by atoms with Gasteiger partial charge in [0.1, 0.15) is 0 Å². The SMILES string of the molecule is CC(C)c1ccccc1.CCc1ccc(-c2ccccc2C)c(C)c1.Cc1ccc(C)cc1.Cc1ccc2c(c1)C(c1ccccc1)(c1ccccc1)c1cc(C)c3ccccc3c1-2.Cc1cccc(C#N)c1.